The van der Waals surface area contributed by atoms with Gasteiger partial charge in [-0.05, 0) is 43.9 Å². The van der Waals surface area contributed by atoms with Crippen LogP contribution in [0.3, 0.4) is 0 Å². The minimum atomic E-state index is -0.411. The van der Waals surface area contributed by atoms with Crippen LogP contribution in [-0.4, -0.2) is 43.9 Å². The first-order valence-corrected chi connectivity index (χ1v) is 9.60. The normalized spacial score (nSPS) is 13.0. The van der Waals surface area contributed by atoms with Gasteiger partial charge in [0.15, 0.2) is 0 Å². The molecule has 0 radical (unpaired) electrons. The lowest BCUT2D eigenvalue weighted by atomic mass is 10.1. The largest absolute Gasteiger partial charge is 0.494 e. The summed E-state index contributed by atoms with van der Waals surface area (Å²) in [4.78, 5) is 0. The number of hydrogen-bond acceptors (Lipinski definition) is 2. The summed E-state index contributed by atoms with van der Waals surface area (Å²) in [6, 6.07) is 7.74. The number of benzene rings is 1. The second kappa shape index (κ2) is 11.5. The van der Waals surface area contributed by atoms with Gasteiger partial charge in [0.2, 0.25) is 0 Å². The van der Waals surface area contributed by atoms with E-state index in [1.54, 1.807) is 6.92 Å². The van der Waals surface area contributed by atoms with E-state index in [1.165, 1.54) is 51.5 Å². The smallest absolute Gasteiger partial charge is 0.119 e. The molecule has 1 N–H and O–H groups in total. The zero-order valence-corrected chi connectivity index (χ0v) is 16.3. The van der Waals surface area contributed by atoms with Crippen molar-refractivity contribution in [2.75, 3.05) is 34.3 Å². The molecule has 0 fully saturated rings. The number of hydrogen-bond donors (Lipinski definition) is 1. The summed E-state index contributed by atoms with van der Waals surface area (Å²) in [5, 5.41) is 9.47. The maximum Gasteiger partial charge on any atom is 0.119 e. The molecule has 0 spiro atoms. The van der Waals surface area contributed by atoms with Crippen molar-refractivity contribution >= 4 is 0 Å². The Morgan fingerprint density at radius 1 is 0.833 bits per heavy atom. The summed E-state index contributed by atoms with van der Waals surface area (Å²) >= 11 is 0. The Bertz CT molecular complexity index is 420. The molecule has 0 heterocycles. The van der Waals surface area contributed by atoms with E-state index < -0.39 is 6.10 Å². The van der Waals surface area contributed by atoms with Crippen LogP contribution in [0.4, 0.5) is 0 Å². The lowest BCUT2D eigenvalue weighted by Gasteiger charge is -2.23. The van der Waals surface area contributed by atoms with Crippen molar-refractivity contribution in [1.82, 2.24) is 0 Å². The first kappa shape index (κ1) is 21.0. The van der Waals surface area contributed by atoms with Crippen LogP contribution in [0.5, 0.6) is 5.75 Å². The molecule has 138 valence electrons. The fourth-order valence-corrected chi connectivity index (χ4v) is 2.78. The molecule has 24 heavy (non-hydrogen) atoms. The summed E-state index contributed by atoms with van der Waals surface area (Å²) in [6.45, 7) is 3.85. The highest BCUT2D eigenvalue weighted by Gasteiger charge is 2.05. The molecule has 0 aromatic heterocycles. The zero-order valence-electron chi connectivity index (χ0n) is 16.3. The van der Waals surface area contributed by atoms with E-state index in [0.29, 0.717) is 0 Å². The number of aliphatic hydroxyl groups excluding tert-OH is 1. The standard InChI is InChI=1S/C21H38NO2/c1-19(23)20-13-15-21(16-14-20)24-18-12-10-8-6-5-7-9-11-17-22(2,3)4/h13-16,19,23H,5-12,17-18H2,1-4H3/q+1. The minimum absolute atomic E-state index is 0.411. The highest BCUT2D eigenvalue weighted by atomic mass is 16.5. The molecule has 1 aromatic carbocycles. The Kier molecular flexibility index (Phi) is 10.0. The molecule has 1 atom stereocenters. The van der Waals surface area contributed by atoms with Crippen molar-refractivity contribution in [1.29, 1.82) is 0 Å². The minimum Gasteiger partial charge on any atom is -0.494 e. The molecule has 3 nitrogen and oxygen atoms in total. The van der Waals surface area contributed by atoms with Gasteiger partial charge in [-0.3, -0.25) is 0 Å². The number of unbranched alkanes of at least 4 members (excludes halogenated alkanes) is 7. The molecule has 0 amide bonds. The predicted molar refractivity (Wildman–Crippen MR) is 102 cm³/mol. The third-order valence-corrected chi connectivity index (χ3v) is 4.35. The topological polar surface area (TPSA) is 29.5 Å². The Morgan fingerprint density at radius 3 is 1.83 bits per heavy atom. The molecule has 0 saturated heterocycles. The van der Waals surface area contributed by atoms with Crippen LogP contribution in [0.1, 0.15) is 70.0 Å². The van der Waals surface area contributed by atoms with Crippen molar-refractivity contribution < 1.29 is 14.3 Å². The van der Waals surface area contributed by atoms with Gasteiger partial charge in [-0.25, -0.2) is 0 Å². The molecule has 0 saturated carbocycles. The van der Waals surface area contributed by atoms with Crippen LogP contribution in [0.25, 0.3) is 0 Å². The summed E-state index contributed by atoms with van der Waals surface area (Å²) in [5.74, 6) is 0.900. The van der Waals surface area contributed by atoms with E-state index in [4.69, 9.17) is 4.74 Å². The van der Waals surface area contributed by atoms with E-state index in [2.05, 4.69) is 21.1 Å². The average Bonchev–Trinajstić information content (AvgIpc) is 2.52. The molecule has 0 aliphatic rings. The maximum atomic E-state index is 9.47. The SMILES string of the molecule is CC(O)c1ccc(OCCCCCCCCCC[N+](C)(C)C)cc1. The molecule has 1 rings (SSSR count). The quantitative estimate of drug-likeness (QED) is 0.408. The molecular weight excluding hydrogens is 298 g/mol. The predicted octanol–water partition coefficient (Wildman–Crippen LogP) is 4.95. The van der Waals surface area contributed by atoms with Gasteiger partial charge in [0, 0.05) is 0 Å². The summed E-state index contributed by atoms with van der Waals surface area (Å²) in [6.07, 6.45) is 10.1. The van der Waals surface area contributed by atoms with E-state index in [1.807, 2.05) is 24.3 Å². The van der Waals surface area contributed by atoms with Crippen molar-refractivity contribution in [3.8, 4) is 5.75 Å². The van der Waals surface area contributed by atoms with Crippen LogP contribution in [0.15, 0.2) is 24.3 Å². The monoisotopic (exact) mass is 336 g/mol. The molecule has 3 heteroatoms. The molecule has 0 bridgehead atoms. The molecule has 0 aliphatic carbocycles. The van der Waals surface area contributed by atoms with Gasteiger partial charge in [-0.15, -0.1) is 0 Å². The summed E-state index contributed by atoms with van der Waals surface area (Å²) in [5.41, 5.74) is 0.934. The lowest BCUT2D eigenvalue weighted by molar-refractivity contribution is -0.870. The van der Waals surface area contributed by atoms with E-state index in [0.717, 1.165) is 28.8 Å². The molecule has 1 unspecified atom stereocenters. The highest BCUT2D eigenvalue weighted by molar-refractivity contribution is 5.28. The molecular formula is C21H38NO2+. The first-order chi connectivity index (χ1) is 11.4. The highest BCUT2D eigenvalue weighted by Crippen LogP contribution is 2.17. The molecule has 1 aromatic rings. The van der Waals surface area contributed by atoms with Crippen LogP contribution >= 0.6 is 0 Å². The van der Waals surface area contributed by atoms with Gasteiger partial charge in [0.25, 0.3) is 0 Å². The van der Waals surface area contributed by atoms with Gasteiger partial charge >= 0.3 is 0 Å². The zero-order chi connectivity index (χ0) is 17.8. The number of rotatable bonds is 13. The van der Waals surface area contributed by atoms with Crippen LogP contribution in [-0.2, 0) is 0 Å². The van der Waals surface area contributed by atoms with Crippen LogP contribution < -0.4 is 4.74 Å². The van der Waals surface area contributed by atoms with Crippen molar-refractivity contribution in [3.63, 3.8) is 0 Å². The lowest BCUT2D eigenvalue weighted by Crippen LogP contribution is -2.35. The summed E-state index contributed by atoms with van der Waals surface area (Å²) in [7, 11) is 6.80. The summed E-state index contributed by atoms with van der Waals surface area (Å²) < 4.78 is 6.83. The fraction of sp³-hybridized carbons (Fsp3) is 0.714. The van der Waals surface area contributed by atoms with Crippen LogP contribution in [0.2, 0.25) is 0 Å². The average molecular weight is 337 g/mol. The Labute approximate surface area is 149 Å². The second-order valence-electron chi connectivity index (χ2n) is 7.94. The second-order valence-corrected chi connectivity index (χ2v) is 7.94. The van der Waals surface area contributed by atoms with Crippen molar-refractivity contribution in [2.45, 2.75) is 64.4 Å². The van der Waals surface area contributed by atoms with Gasteiger partial charge < -0.3 is 14.3 Å². The van der Waals surface area contributed by atoms with E-state index >= 15 is 0 Å². The maximum absolute atomic E-state index is 9.47. The van der Waals surface area contributed by atoms with Crippen molar-refractivity contribution in [2.24, 2.45) is 0 Å². The number of aliphatic hydroxyl groups is 1. The van der Waals surface area contributed by atoms with Gasteiger partial charge in [-0.1, -0.05) is 44.2 Å². The number of ether oxygens (including phenoxy) is 1. The third kappa shape index (κ3) is 10.7. The first-order valence-electron chi connectivity index (χ1n) is 9.60. The van der Waals surface area contributed by atoms with E-state index in [-0.39, 0.29) is 0 Å². The van der Waals surface area contributed by atoms with Gasteiger partial charge in [0.1, 0.15) is 5.75 Å². The molecule has 0 aliphatic heterocycles. The Hall–Kier alpha value is -1.06. The third-order valence-electron chi connectivity index (χ3n) is 4.35. The van der Waals surface area contributed by atoms with E-state index in [9.17, 15) is 5.11 Å². The Balaban J connectivity index is 1.92. The van der Waals surface area contributed by atoms with Crippen LogP contribution in [0, 0.1) is 0 Å². The fourth-order valence-electron chi connectivity index (χ4n) is 2.78. The van der Waals surface area contributed by atoms with Gasteiger partial charge in [-0.2, -0.15) is 0 Å². The Morgan fingerprint density at radius 2 is 1.33 bits per heavy atom. The van der Waals surface area contributed by atoms with Gasteiger partial charge in [0.05, 0.1) is 40.4 Å². The number of nitrogens with zero attached hydrogens (tertiary/aromatic N) is 1. The number of quaternary nitrogens is 1. The van der Waals surface area contributed by atoms with Crippen molar-refractivity contribution in [3.05, 3.63) is 29.8 Å².